The highest BCUT2D eigenvalue weighted by Gasteiger charge is 2.30. The highest BCUT2D eigenvalue weighted by Crippen LogP contribution is 2.29. The van der Waals surface area contributed by atoms with Crippen LogP contribution in [0.1, 0.15) is 30.9 Å². The molecule has 1 aliphatic heterocycles. The number of amides is 1. The molecule has 26 heavy (non-hydrogen) atoms. The molecule has 0 bridgehead atoms. The predicted molar refractivity (Wildman–Crippen MR) is 94.7 cm³/mol. The molecule has 1 saturated heterocycles. The van der Waals surface area contributed by atoms with Crippen molar-refractivity contribution in [3.63, 3.8) is 0 Å². The molecule has 1 heterocycles. The molecule has 0 radical (unpaired) electrons. The minimum atomic E-state index is -4.34. The van der Waals surface area contributed by atoms with Crippen LogP contribution in [-0.4, -0.2) is 54.9 Å². The van der Waals surface area contributed by atoms with E-state index in [4.69, 9.17) is 0 Å². The van der Waals surface area contributed by atoms with Crippen LogP contribution in [0.15, 0.2) is 29.3 Å². The van der Waals surface area contributed by atoms with Crippen molar-refractivity contribution in [3.05, 3.63) is 35.4 Å². The van der Waals surface area contributed by atoms with Gasteiger partial charge in [0.25, 0.3) is 0 Å². The normalized spacial score (nSPS) is 15.3. The number of hydrogen-bond acceptors (Lipinski definition) is 2. The Morgan fingerprint density at radius 2 is 1.85 bits per heavy atom. The molecule has 0 aromatic heterocycles. The number of benzene rings is 1. The molecule has 0 spiro atoms. The van der Waals surface area contributed by atoms with Crippen LogP contribution in [0, 0.1) is 0 Å². The first kappa shape index (κ1) is 20.1. The Kier molecular flexibility index (Phi) is 6.88. The topological polar surface area (TPSA) is 47.9 Å². The van der Waals surface area contributed by atoms with Crippen LogP contribution < -0.4 is 5.32 Å². The number of alkyl halides is 3. The molecule has 0 aliphatic carbocycles. The van der Waals surface area contributed by atoms with Gasteiger partial charge in [-0.05, 0) is 37.5 Å². The lowest BCUT2D eigenvalue weighted by Crippen LogP contribution is -2.39. The second-order valence-electron chi connectivity index (χ2n) is 6.31. The number of likely N-dealkylation sites (tertiary alicyclic amines) is 1. The monoisotopic (exact) mass is 370 g/mol. The number of rotatable bonds is 5. The van der Waals surface area contributed by atoms with Gasteiger partial charge in [0.05, 0.1) is 5.56 Å². The molecule has 5 nitrogen and oxygen atoms in total. The minimum Gasteiger partial charge on any atom is -0.357 e. The van der Waals surface area contributed by atoms with Crippen molar-refractivity contribution < 1.29 is 18.0 Å². The zero-order chi connectivity index (χ0) is 19.2. The maximum Gasteiger partial charge on any atom is 0.416 e. The summed E-state index contributed by atoms with van der Waals surface area (Å²) in [6.45, 7) is 4.58. The smallest absolute Gasteiger partial charge is 0.357 e. The van der Waals surface area contributed by atoms with Gasteiger partial charge in [-0.15, -0.1) is 0 Å². The lowest BCUT2D eigenvalue weighted by molar-refractivity contribution is -0.137. The summed E-state index contributed by atoms with van der Waals surface area (Å²) in [6.07, 6.45) is -2.27. The molecule has 8 heteroatoms. The second kappa shape index (κ2) is 8.91. The van der Waals surface area contributed by atoms with Gasteiger partial charge in [-0.2, -0.15) is 13.2 Å². The van der Waals surface area contributed by atoms with Gasteiger partial charge in [0, 0.05) is 33.2 Å². The van der Waals surface area contributed by atoms with Crippen molar-refractivity contribution in [3.8, 4) is 0 Å². The van der Waals surface area contributed by atoms with Gasteiger partial charge in [-0.25, -0.2) is 4.99 Å². The number of carbonyl (C=O) groups is 1. The summed E-state index contributed by atoms with van der Waals surface area (Å²) >= 11 is 0. The van der Waals surface area contributed by atoms with Crippen molar-refractivity contribution in [1.82, 2.24) is 15.1 Å². The lowest BCUT2D eigenvalue weighted by Gasteiger charge is -2.23. The fraction of sp³-hybridized carbons (Fsp3) is 0.556. The summed E-state index contributed by atoms with van der Waals surface area (Å²) in [6, 6.07) is 5.06. The van der Waals surface area contributed by atoms with E-state index < -0.39 is 11.7 Å². The first-order chi connectivity index (χ1) is 12.3. The zero-order valence-corrected chi connectivity index (χ0v) is 15.1. The summed E-state index contributed by atoms with van der Waals surface area (Å²) in [7, 11) is 1.79. The summed E-state index contributed by atoms with van der Waals surface area (Å²) in [5.41, 5.74) is 0.0673. The molecule has 1 aliphatic rings. The fourth-order valence-electron chi connectivity index (χ4n) is 2.83. The van der Waals surface area contributed by atoms with Crippen molar-refractivity contribution in [2.24, 2.45) is 4.99 Å². The maximum absolute atomic E-state index is 12.6. The molecule has 1 aromatic rings. The van der Waals surface area contributed by atoms with Crippen LogP contribution in [0.25, 0.3) is 0 Å². The van der Waals surface area contributed by atoms with E-state index in [1.807, 2.05) is 11.8 Å². The molecule has 1 amide bonds. The third kappa shape index (κ3) is 5.64. The number of nitrogens with one attached hydrogen (secondary N) is 1. The first-order valence-electron chi connectivity index (χ1n) is 8.74. The van der Waals surface area contributed by atoms with E-state index in [-0.39, 0.29) is 12.5 Å². The third-order valence-electron chi connectivity index (χ3n) is 4.22. The van der Waals surface area contributed by atoms with Gasteiger partial charge in [0.2, 0.25) is 5.91 Å². The Labute approximate surface area is 151 Å². The molecule has 1 fully saturated rings. The van der Waals surface area contributed by atoms with E-state index in [9.17, 15) is 18.0 Å². The van der Waals surface area contributed by atoms with Crippen molar-refractivity contribution in [2.75, 3.05) is 33.2 Å². The quantitative estimate of drug-likeness (QED) is 0.640. The van der Waals surface area contributed by atoms with Crippen LogP contribution in [0.5, 0.6) is 0 Å². The molecular formula is C18H25F3N4O. The molecule has 0 saturated carbocycles. The average Bonchev–Trinajstić information content (AvgIpc) is 3.12. The number of hydrogen-bond donors (Lipinski definition) is 1. The van der Waals surface area contributed by atoms with E-state index >= 15 is 0 Å². The van der Waals surface area contributed by atoms with Crippen molar-refractivity contribution in [1.29, 1.82) is 0 Å². The number of halogens is 3. The standard InChI is InChI=1S/C18H25F3N4O/c1-3-22-17(23-12-16(26)25-10-4-5-11-25)24(2)13-14-6-8-15(9-7-14)18(19,20)21/h6-9H,3-5,10-13H2,1-2H3,(H,22,23). The Morgan fingerprint density at radius 1 is 1.23 bits per heavy atom. The molecule has 0 unspecified atom stereocenters. The Balaban J connectivity index is 1.99. The lowest BCUT2D eigenvalue weighted by atomic mass is 10.1. The first-order valence-corrected chi connectivity index (χ1v) is 8.74. The van der Waals surface area contributed by atoms with Gasteiger partial charge in [-0.1, -0.05) is 12.1 Å². The Bertz CT molecular complexity index is 622. The molecule has 1 aromatic carbocycles. The van der Waals surface area contributed by atoms with Gasteiger partial charge in [0.15, 0.2) is 5.96 Å². The number of nitrogens with zero attached hydrogens (tertiary/aromatic N) is 3. The molecule has 2 rings (SSSR count). The SMILES string of the molecule is CCNC(=NCC(=O)N1CCCC1)N(C)Cc1ccc(C(F)(F)F)cc1. The molecule has 1 N–H and O–H groups in total. The van der Waals surface area contributed by atoms with Gasteiger partial charge in [0.1, 0.15) is 6.54 Å². The third-order valence-corrected chi connectivity index (χ3v) is 4.22. The van der Waals surface area contributed by atoms with Crippen LogP contribution in [0.4, 0.5) is 13.2 Å². The highest BCUT2D eigenvalue weighted by molar-refractivity contribution is 5.85. The minimum absolute atomic E-state index is 0.000771. The van der Waals surface area contributed by atoms with E-state index in [0.29, 0.717) is 19.0 Å². The summed E-state index contributed by atoms with van der Waals surface area (Å²) in [5, 5.41) is 3.11. The summed E-state index contributed by atoms with van der Waals surface area (Å²) < 4.78 is 37.9. The fourth-order valence-corrected chi connectivity index (χ4v) is 2.83. The molecular weight excluding hydrogens is 345 g/mol. The van der Waals surface area contributed by atoms with E-state index in [1.165, 1.54) is 12.1 Å². The highest BCUT2D eigenvalue weighted by atomic mass is 19.4. The largest absolute Gasteiger partial charge is 0.416 e. The Morgan fingerprint density at radius 3 is 2.38 bits per heavy atom. The van der Waals surface area contributed by atoms with Crippen molar-refractivity contribution >= 4 is 11.9 Å². The van der Waals surface area contributed by atoms with Crippen molar-refractivity contribution in [2.45, 2.75) is 32.5 Å². The Hall–Kier alpha value is -2.25. The molecule has 0 atom stereocenters. The predicted octanol–water partition coefficient (Wildman–Crippen LogP) is 2.73. The average molecular weight is 370 g/mol. The molecule has 144 valence electrons. The zero-order valence-electron chi connectivity index (χ0n) is 15.1. The van der Waals surface area contributed by atoms with Gasteiger partial charge < -0.3 is 15.1 Å². The van der Waals surface area contributed by atoms with E-state index in [1.54, 1.807) is 11.9 Å². The van der Waals surface area contributed by atoms with E-state index in [2.05, 4.69) is 10.3 Å². The van der Waals surface area contributed by atoms with Crippen LogP contribution >= 0.6 is 0 Å². The van der Waals surface area contributed by atoms with Crippen LogP contribution in [0.2, 0.25) is 0 Å². The van der Waals surface area contributed by atoms with E-state index in [0.717, 1.165) is 43.6 Å². The number of aliphatic imine (C=N–C) groups is 1. The number of guanidine groups is 1. The van der Waals surface area contributed by atoms with Gasteiger partial charge in [-0.3, -0.25) is 4.79 Å². The van der Waals surface area contributed by atoms with Crippen LogP contribution in [0.3, 0.4) is 0 Å². The second-order valence-corrected chi connectivity index (χ2v) is 6.31. The van der Waals surface area contributed by atoms with Gasteiger partial charge >= 0.3 is 6.18 Å². The summed E-state index contributed by atoms with van der Waals surface area (Å²) in [4.78, 5) is 20.1. The number of carbonyl (C=O) groups excluding carboxylic acids is 1. The van der Waals surface area contributed by atoms with Crippen LogP contribution in [-0.2, 0) is 17.5 Å². The maximum atomic E-state index is 12.6. The summed E-state index contributed by atoms with van der Waals surface area (Å²) in [5.74, 6) is 0.556.